The molecule has 0 N–H and O–H groups in total. The van der Waals surface area contributed by atoms with Crippen LogP contribution in [0.4, 0.5) is 5.69 Å². The standard InChI is InChI=1S/C22H27NO2/c1-2-7-18-12-14-20(15-13-18)25-17-6-11-22(24)23-16-5-9-19-8-3-4-10-21(19)23/h3-4,8,10,12-15H,2,5-7,9,11,16-17H2,1H3. The van der Waals surface area contributed by atoms with Crippen LogP contribution in [0.25, 0.3) is 0 Å². The number of fused-ring (bicyclic) bond motifs is 1. The highest BCUT2D eigenvalue weighted by atomic mass is 16.5. The number of benzene rings is 2. The average molecular weight is 337 g/mol. The van der Waals surface area contributed by atoms with E-state index in [1.807, 2.05) is 29.2 Å². The number of anilines is 1. The molecule has 3 heteroatoms. The summed E-state index contributed by atoms with van der Waals surface area (Å²) in [6, 6.07) is 16.5. The summed E-state index contributed by atoms with van der Waals surface area (Å²) in [5.74, 6) is 1.09. The maximum atomic E-state index is 12.6. The lowest BCUT2D eigenvalue weighted by Gasteiger charge is -2.29. The van der Waals surface area contributed by atoms with E-state index in [-0.39, 0.29) is 5.91 Å². The molecule has 0 saturated carbocycles. The predicted octanol–water partition coefficient (Wildman–Crippen LogP) is 4.78. The summed E-state index contributed by atoms with van der Waals surface area (Å²) in [7, 11) is 0. The smallest absolute Gasteiger partial charge is 0.227 e. The number of rotatable bonds is 7. The van der Waals surface area contributed by atoms with Crippen LogP contribution in [0.5, 0.6) is 5.75 Å². The third kappa shape index (κ3) is 4.62. The Balaban J connectivity index is 1.45. The molecule has 2 aromatic rings. The second-order valence-corrected chi connectivity index (χ2v) is 6.62. The summed E-state index contributed by atoms with van der Waals surface area (Å²) >= 11 is 0. The first-order chi connectivity index (χ1) is 12.3. The molecule has 0 radical (unpaired) electrons. The van der Waals surface area contributed by atoms with Gasteiger partial charge >= 0.3 is 0 Å². The minimum absolute atomic E-state index is 0.203. The molecule has 1 heterocycles. The van der Waals surface area contributed by atoms with Crippen molar-refractivity contribution >= 4 is 11.6 Å². The summed E-state index contributed by atoms with van der Waals surface area (Å²) in [5.41, 5.74) is 3.71. The molecule has 3 nitrogen and oxygen atoms in total. The third-order valence-electron chi connectivity index (χ3n) is 4.68. The summed E-state index contributed by atoms with van der Waals surface area (Å²) in [4.78, 5) is 14.5. The number of aryl methyl sites for hydroxylation is 2. The first-order valence-corrected chi connectivity index (χ1v) is 9.38. The van der Waals surface area contributed by atoms with Gasteiger partial charge in [-0.2, -0.15) is 0 Å². The van der Waals surface area contributed by atoms with Crippen molar-refractivity contribution in [3.8, 4) is 5.75 Å². The molecule has 0 aromatic heterocycles. The van der Waals surface area contributed by atoms with Crippen molar-refractivity contribution in [3.63, 3.8) is 0 Å². The molecule has 1 aliphatic rings. The van der Waals surface area contributed by atoms with Gasteiger partial charge in [0.25, 0.3) is 0 Å². The molecule has 0 fully saturated rings. The van der Waals surface area contributed by atoms with Crippen LogP contribution >= 0.6 is 0 Å². The Labute approximate surface area is 150 Å². The topological polar surface area (TPSA) is 29.5 Å². The van der Waals surface area contributed by atoms with Crippen molar-refractivity contribution in [3.05, 3.63) is 59.7 Å². The number of para-hydroxylation sites is 1. The lowest BCUT2D eigenvalue weighted by Crippen LogP contribution is -2.35. The van der Waals surface area contributed by atoms with Gasteiger partial charge in [-0.05, 0) is 55.0 Å². The SMILES string of the molecule is CCCc1ccc(OCCCC(=O)N2CCCc3ccccc32)cc1. The molecule has 2 aromatic carbocycles. The predicted molar refractivity (Wildman–Crippen MR) is 102 cm³/mol. The molecule has 132 valence electrons. The normalized spacial score (nSPS) is 13.4. The van der Waals surface area contributed by atoms with E-state index in [1.54, 1.807) is 0 Å². The van der Waals surface area contributed by atoms with Gasteiger partial charge in [-0.3, -0.25) is 4.79 Å². The molecule has 0 aliphatic carbocycles. The van der Waals surface area contributed by atoms with E-state index in [9.17, 15) is 4.79 Å². The quantitative estimate of drug-likeness (QED) is 0.681. The molecule has 25 heavy (non-hydrogen) atoms. The Morgan fingerprint density at radius 2 is 1.92 bits per heavy atom. The lowest BCUT2D eigenvalue weighted by molar-refractivity contribution is -0.118. The number of carbonyl (C=O) groups is 1. The molecule has 0 saturated heterocycles. The molecular formula is C22H27NO2. The van der Waals surface area contributed by atoms with Gasteiger partial charge in [0.2, 0.25) is 5.91 Å². The summed E-state index contributed by atoms with van der Waals surface area (Å²) in [5, 5.41) is 0. The van der Waals surface area contributed by atoms with Gasteiger partial charge in [0.05, 0.1) is 6.61 Å². The average Bonchev–Trinajstić information content (AvgIpc) is 2.66. The van der Waals surface area contributed by atoms with Crippen LogP contribution in [-0.4, -0.2) is 19.1 Å². The Morgan fingerprint density at radius 1 is 1.12 bits per heavy atom. The monoisotopic (exact) mass is 337 g/mol. The zero-order valence-electron chi connectivity index (χ0n) is 15.0. The Bertz CT molecular complexity index is 693. The number of carbonyl (C=O) groups excluding carboxylic acids is 1. The van der Waals surface area contributed by atoms with E-state index in [0.29, 0.717) is 13.0 Å². The number of amides is 1. The highest BCUT2D eigenvalue weighted by molar-refractivity contribution is 5.94. The van der Waals surface area contributed by atoms with Crippen molar-refractivity contribution in [2.75, 3.05) is 18.1 Å². The van der Waals surface area contributed by atoms with Gasteiger partial charge in [-0.15, -0.1) is 0 Å². The number of hydrogen-bond donors (Lipinski definition) is 0. The fourth-order valence-electron chi connectivity index (χ4n) is 3.38. The Hall–Kier alpha value is -2.29. The molecule has 3 rings (SSSR count). The summed E-state index contributed by atoms with van der Waals surface area (Å²) < 4.78 is 5.78. The van der Waals surface area contributed by atoms with Crippen LogP contribution in [0, 0.1) is 0 Å². The molecule has 0 spiro atoms. The van der Waals surface area contributed by atoms with Gasteiger partial charge in [0, 0.05) is 18.7 Å². The van der Waals surface area contributed by atoms with Crippen LogP contribution in [0.15, 0.2) is 48.5 Å². The summed E-state index contributed by atoms with van der Waals surface area (Å²) in [6.07, 6.45) is 5.64. The zero-order valence-corrected chi connectivity index (χ0v) is 15.0. The van der Waals surface area contributed by atoms with E-state index in [1.165, 1.54) is 11.1 Å². The van der Waals surface area contributed by atoms with E-state index in [2.05, 4.69) is 31.2 Å². The van der Waals surface area contributed by atoms with Crippen LogP contribution < -0.4 is 9.64 Å². The van der Waals surface area contributed by atoms with Gasteiger partial charge in [0.15, 0.2) is 0 Å². The Morgan fingerprint density at radius 3 is 2.72 bits per heavy atom. The van der Waals surface area contributed by atoms with Crippen LogP contribution in [0.1, 0.15) is 43.7 Å². The minimum atomic E-state index is 0.203. The van der Waals surface area contributed by atoms with E-state index < -0.39 is 0 Å². The van der Waals surface area contributed by atoms with Gasteiger partial charge in [-0.1, -0.05) is 43.7 Å². The maximum Gasteiger partial charge on any atom is 0.227 e. The van der Waals surface area contributed by atoms with E-state index >= 15 is 0 Å². The fraction of sp³-hybridized carbons (Fsp3) is 0.409. The highest BCUT2D eigenvalue weighted by Gasteiger charge is 2.21. The molecular weight excluding hydrogens is 310 g/mol. The van der Waals surface area contributed by atoms with Crippen molar-refractivity contribution < 1.29 is 9.53 Å². The van der Waals surface area contributed by atoms with Gasteiger partial charge in [0.1, 0.15) is 5.75 Å². The first-order valence-electron chi connectivity index (χ1n) is 9.38. The minimum Gasteiger partial charge on any atom is -0.494 e. The largest absolute Gasteiger partial charge is 0.494 e. The van der Waals surface area contributed by atoms with Crippen LogP contribution in [0.2, 0.25) is 0 Å². The second-order valence-electron chi connectivity index (χ2n) is 6.62. The molecule has 0 bridgehead atoms. The molecule has 1 amide bonds. The van der Waals surface area contributed by atoms with Gasteiger partial charge < -0.3 is 9.64 Å². The maximum absolute atomic E-state index is 12.6. The lowest BCUT2D eigenvalue weighted by atomic mass is 10.0. The third-order valence-corrected chi connectivity index (χ3v) is 4.68. The van der Waals surface area contributed by atoms with E-state index in [4.69, 9.17) is 4.74 Å². The highest BCUT2D eigenvalue weighted by Crippen LogP contribution is 2.27. The number of nitrogens with zero attached hydrogens (tertiary/aromatic N) is 1. The number of hydrogen-bond acceptors (Lipinski definition) is 2. The first kappa shape index (κ1) is 17.5. The molecule has 0 atom stereocenters. The number of ether oxygens (including phenoxy) is 1. The Kier molecular flexibility index (Phi) is 6.10. The van der Waals surface area contributed by atoms with Crippen molar-refractivity contribution in [1.82, 2.24) is 0 Å². The van der Waals surface area contributed by atoms with Crippen LogP contribution in [-0.2, 0) is 17.6 Å². The second kappa shape index (κ2) is 8.70. The van der Waals surface area contributed by atoms with Gasteiger partial charge in [-0.25, -0.2) is 0 Å². The van der Waals surface area contributed by atoms with Crippen molar-refractivity contribution in [2.24, 2.45) is 0 Å². The van der Waals surface area contributed by atoms with Crippen molar-refractivity contribution in [1.29, 1.82) is 0 Å². The summed E-state index contributed by atoms with van der Waals surface area (Å²) in [6.45, 7) is 3.59. The molecule has 0 unspecified atom stereocenters. The van der Waals surface area contributed by atoms with E-state index in [0.717, 1.165) is 50.1 Å². The zero-order chi connectivity index (χ0) is 17.5. The molecule has 1 aliphatic heterocycles. The fourth-order valence-corrected chi connectivity index (χ4v) is 3.38. The van der Waals surface area contributed by atoms with Crippen LogP contribution in [0.3, 0.4) is 0 Å². The van der Waals surface area contributed by atoms with Crippen molar-refractivity contribution in [2.45, 2.75) is 45.4 Å².